The molecule has 10 heteroatoms. The fourth-order valence-corrected chi connectivity index (χ4v) is 5.05. The van der Waals surface area contributed by atoms with Gasteiger partial charge in [0, 0.05) is 0 Å². The number of hydrogen-bond donors (Lipinski definition) is 2. The highest BCUT2D eigenvalue weighted by atomic mass is 127. The highest BCUT2D eigenvalue weighted by Gasteiger charge is 2.24. The molecule has 1 heterocycles. The number of halogens is 1. The monoisotopic (exact) mass is 630 g/mol. The minimum Gasteiger partial charge on any atom is -0.497 e. The van der Waals surface area contributed by atoms with Crippen LogP contribution in [0, 0.1) is 3.57 Å². The van der Waals surface area contributed by atoms with E-state index in [2.05, 4.69) is 32.9 Å². The van der Waals surface area contributed by atoms with Crippen molar-refractivity contribution in [2.24, 2.45) is 4.99 Å². The van der Waals surface area contributed by atoms with Crippen LogP contribution in [0.4, 0.5) is 5.69 Å². The topological polar surface area (TPSA) is 106 Å². The van der Waals surface area contributed by atoms with Crippen LogP contribution in [0.1, 0.15) is 28.4 Å². The summed E-state index contributed by atoms with van der Waals surface area (Å²) in [5.41, 5.74) is 2.40. The Kier molecular flexibility index (Phi) is 8.72. The van der Waals surface area contributed by atoms with E-state index in [4.69, 9.17) is 14.2 Å². The van der Waals surface area contributed by atoms with E-state index in [1.807, 2.05) is 31.2 Å². The number of amidine groups is 1. The van der Waals surface area contributed by atoms with Crippen LogP contribution in [0.15, 0.2) is 70.6 Å². The van der Waals surface area contributed by atoms with Crippen molar-refractivity contribution in [2.75, 3.05) is 13.7 Å². The van der Waals surface area contributed by atoms with Gasteiger partial charge in [-0.3, -0.25) is 4.79 Å². The lowest BCUT2D eigenvalue weighted by molar-refractivity contribution is -0.115. The Morgan fingerprint density at radius 3 is 2.62 bits per heavy atom. The molecule has 1 saturated heterocycles. The maximum atomic E-state index is 12.6. The van der Waals surface area contributed by atoms with Gasteiger partial charge in [0.2, 0.25) is 0 Å². The van der Waals surface area contributed by atoms with E-state index in [1.54, 1.807) is 43.5 Å². The third-order valence-electron chi connectivity index (χ3n) is 5.14. The molecule has 8 nitrogen and oxygen atoms in total. The van der Waals surface area contributed by atoms with Crippen molar-refractivity contribution in [2.45, 2.75) is 13.5 Å². The van der Waals surface area contributed by atoms with E-state index in [9.17, 15) is 14.7 Å². The predicted molar refractivity (Wildman–Crippen MR) is 152 cm³/mol. The Hall–Kier alpha value is -3.51. The Labute approximate surface area is 231 Å². The third-order valence-corrected chi connectivity index (χ3v) is 6.85. The quantitative estimate of drug-likeness (QED) is 0.225. The number of methoxy groups -OCH3 is 1. The molecule has 1 aliphatic heterocycles. The summed E-state index contributed by atoms with van der Waals surface area (Å²) in [5.74, 6) is 0.592. The van der Waals surface area contributed by atoms with Crippen molar-refractivity contribution in [1.29, 1.82) is 0 Å². The molecule has 37 heavy (non-hydrogen) atoms. The average molecular weight is 630 g/mol. The molecule has 0 spiro atoms. The van der Waals surface area contributed by atoms with Gasteiger partial charge in [0.1, 0.15) is 12.4 Å². The number of carboxylic acid groups (broad SMARTS) is 1. The maximum Gasteiger partial charge on any atom is 0.335 e. The van der Waals surface area contributed by atoms with Gasteiger partial charge in [0.15, 0.2) is 16.7 Å². The van der Waals surface area contributed by atoms with Gasteiger partial charge in [-0.15, -0.1) is 0 Å². The summed E-state index contributed by atoms with van der Waals surface area (Å²) < 4.78 is 17.8. The Bertz CT molecular complexity index is 1390. The third kappa shape index (κ3) is 6.83. The van der Waals surface area contributed by atoms with E-state index in [1.165, 1.54) is 17.8 Å². The average Bonchev–Trinajstić information content (AvgIpc) is 3.22. The minimum absolute atomic E-state index is 0.182. The summed E-state index contributed by atoms with van der Waals surface area (Å²) in [7, 11) is 1.60. The summed E-state index contributed by atoms with van der Waals surface area (Å²) in [6.07, 6.45) is 1.78. The largest absolute Gasteiger partial charge is 0.497 e. The summed E-state index contributed by atoms with van der Waals surface area (Å²) in [4.78, 5) is 28.8. The smallest absolute Gasteiger partial charge is 0.335 e. The normalized spacial score (nSPS) is 15.1. The van der Waals surface area contributed by atoms with Gasteiger partial charge < -0.3 is 24.6 Å². The van der Waals surface area contributed by atoms with Gasteiger partial charge >= 0.3 is 5.97 Å². The number of amides is 1. The van der Waals surface area contributed by atoms with Crippen LogP contribution < -0.4 is 19.5 Å². The highest BCUT2D eigenvalue weighted by Crippen LogP contribution is 2.37. The number of ether oxygens (including phenoxy) is 3. The highest BCUT2D eigenvalue weighted by molar-refractivity contribution is 14.1. The number of benzene rings is 3. The molecule has 0 aromatic heterocycles. The lowest BCUT2D eigenvalue weighted by Crippen LogP contribution is -2.19. The van der Waals surface area contributed by atoms with E-state index in [0.29, 0.717) is 33.9 Å². The summed E-state index contributed by atoms with van der Waals surface area (Å²) in [5, 5.41) is 12.5. The van der Waals surface area contributed by atoms with E-state index in [0.717, 1.165) is 20.4 Å². The van der Waals surface area contributed by atoms with Crippen LogP contribution in [0.3, 0.4) is 0 Å². The molecule has 0 radical (unpaired) electrons. The number of aliphatic imine (C=N–C) groups is 1. The molecule has 4 rings (SSSR count). The first-order chi connectivity index (χ1) is 17.9. The van der Waals surface area contributed by atoms with Gasteiger partial charge in [-0.25, -0.2) is 9.79 Å². The number of rotatable bonds is 9. The number of carbonyl (C=O) groups is 2. The van der Waals surface area contributed by atoms with Crippen molar-refractivity contribution in [3.05, 3.63) is 85.8 Å². The molecule has 0 saturated carbocycles. The number of nitrogens with zero attached hydrogens (tertiary/aromatic N) is 1. The summed E-state index contributed by atoms with van der Waals surface area (Å²) in [6.45, 7) is 2.48. The molecule has 1 aliphatic rings. The first-order valence-corrected chi connectivity index (χ1v) is 13.1. The molecule has 0 bridgehead atoms. The number of aromatic carboxylic acids is 1. The van der Waals surface area contributed by atoms with Crippen molar-refractivity contribution < 1.29 is 28.9 Å². The molecule has 1 amide bonds. The zero-order chi connectivity index (χ0) is 26.4. The van der Waals surface area contributed by atoms with E-state index >= 15 is 0 Å². The van der Waals surface area contributed by atoms with Crippen molar-refractivity contribution in [1.82, 2.24) is 5.32 Å². The molecule has 0 aliphatic carbocycles. The second-order valence-electron chi connectivity index (χ2n) is 7.74. The number of thioether (sulfide) groups is 1. The number of hydrogen-bond acceptors (Lipinski definition) is 7. The first kappa shape index (κ1) is 26.6. The first-order valence-electron chi connectivity index (χ1n) is 11.2. The molecule has 190 valence electrons. The Balaban J connectivity index is 1.54. The molecular formula is C27H23IN2O6S. The summed E-state index contributed by atoms with van der Waals surface area (Å²) in [6, 6.07) is 17.6. The van der Waals surface area contributed by atoms with Crippen LogP contribution >= 0.6 is 34.4 Å². The van der Waals surface area contributed by atoms with Gasteiger partial charge in [-0.1, -0.05) is 12.1 Å². The second kappa shape index (κ2) is 12.2. The number of nitrogens with one attached hydrogen (secondary N) is 1. The van der Waals surface area contributed by atoms with Gasteiger partial charge in [-0.2, -0.15) is 0 Å². The zero-order valence-corrected chi connectivity index (χ0v) is 23.0. The molecule has 2 N–H and O–H groups in total. The molecule has 3 aromatic carbocycles. The zero-order valence-electron chi connectivity index (χ0n) is 20.0. The van der Waals surface area contributed by atoms with E-state index < -0.39 is 5.97 Å². The van der Waals surface area contributed by atoms with Gasteiger partial charge in [0.05, 0.1) is 33.4 Å². The van der Waals surface area contributed by atoms with E-state index in [-0.39, 0.29) is 18.1 Å². The molecular weight excluding hydrogens is 607 g/mol. The van der Waals surface area contributed by atoms with Crippen LogP contribution in [-0.2, 0) is 11.4 Å². The van der Waals surface area contributed by atoms with Crippen LogP contribution in [0.5, 0.6) is 17.2 Å². The SMILES string of the molecule is CCOc1cc(/C=C2/SC(=Nc3ccc(OC)cc3)NC2=O)cc(I)c1OCc1cccc(C(=O)O)c1. The molecule has 0 atom stereocenters. The minimum atomic E-state index is -0.991. The molecule has 3 aromatic rings. The Morgan fingerprint density at radius 1 is 1.14 bits per heavy atom. The van der Waals surface area contributed by atoms with Crippen molar-refractivity contribution in [3.63, 3.8) is 0 Å². The van der Waals surface area contributed by atoms with Crippen LogP contribution in [0.2, 0.25) is 0 Å². The second-order valence-corrected chi connectivity index (χ2v) is 9.93. The maximum absolute atomic E-state index is 12.6. The van der Waals surface area contributed by atoms with Crippen LogP contribution in [0.25, 0.3) is 6.08 Å². The molecule has 1 fully saturated rings. The lowest BCUT2D eigenvalue weighted by atomic mass is 10.1. The van der Waals surface area contributed by atoms with Crippen LogP contribution in [-0.4, -0.2) is 35.9 Å². The fourth-order valence-electron chi connectivity index (χ4n) is 3.43. The lowest BCUT2D eigenvalue weighted by Gasteiger charge is -2.15. The van der Waals surface area contributed by atoms with Gasteiger partial charge in [0.25, 0.3) is 5.91 Å². The number of carbonyl (C=O) groups excluding carboxylic acids is 1. The van der Waals surface area contributed by atoms with Gasteiger partial charge in [-0.05, 0) is 107 Å². The molecule has 0 unspecified atom stereocenters. The standard InChI is InChI=1S/C27H23IN2O6S/c1-3-35-22-13-17(12-21(28)24(22)36-15-16-5-4-6-18(11-16)26(32)33)14-23-25(31)30-27(37-23)29-19-7-9-20(34-2)10-8-19/h4-14H,3,15H2,1-2H3,(H,32,33)(H,29,30,31)/b23-14+. The number of carboxylic acids is 1. The summed E-state index contributed by atoms with van der Waals surface area (Å²) >= 11 is 3.41. The van der Waals surface area contributed by atoms with Crippen molar-refractivity contribution >= 4 is 63.2 Å². The van der Waals surface area contributed by atoms with Crippen molar-refractivity contribution in [3.8, 4) is 17.2 Å². The Morgan fingerprint density at radius 2 is 1.92 bits per heavy atom. The predicted octanol–water partition coefficient (Wildman–Crippen LogP) is 5.87. The fraction of sp³-hybridized carbons (Fsp3) is 0.148.